The summed E-state index contributed by atoms with van der Waals surface area (Å²) >= 11 is 0. The highest BCUT2D eigenvalue weighted by Crippen LogP contribution is 2.28. The van der Waals surface area contributed by atoms with E-state index >= 15 is 0 Å². The first-order chi connectivity index (χ1) is 5.70. The molecule has 0 saturated heterocycles. The summed E-state index contributed by atoms with van der Waals surface area (Å²) in [5, 5.41) is 2.68. The van der Waals surface area contributed by atoms with E-state index in [0.717, 1.165) is 6.07 Å². The van der Waals surface area contributed by atoms with Gasteiger partial charge in [0.15, 0.2) is 11.6 Å². The van der Waals surface area contributed by atoms with Crippen LogP contribution < -0.4 is 10.1 Å². The molecule has 0 bridgehead atoms. The Hall–Kier alpha value is -1.32. The fraction of sp³-hybridized carbons (Fsp3) is 0.250. The highest BCUT2D eigenvalue weighted by atomic mass is 19.2. The van der Waals surface area contributed by atoms with E-state index in [1.165, 1.54) is 13.2 Å². The summed E-state index contributed by atoms with van der Waals surface area (Å²) in [4.78, 5) is 0. The molecular weight excluding hydrogens is 164 g/mol. The Morgan fingerprint density at radius 3 is 2.50 bits per heavy atom. The third-order valence-electron chi connectivity index (χ3n) is 1.52. The largest absolute Gasteiger partial charge is 0.491 e. The van der Waals surface area contributed by atoms with Gasteiger partial charge in [0.2, 0.25) is 5.82 Å². The smallest absolute Gasteiger partial charge is 0.202 e. The standard InChI is InChI=1S/C8H9F2NO/c1-11-6-4-3-5(9)7(10)8(6)12-2/h3-4,11H,1-2H3. The van der Waals surface area contributed by atoms with Gasteiger partial charge in [-0.3, -0.25) is 0 Å². The number of benzene rings is 1. The van der Waals surface area contributed by atoms with Crippen LogP contribution in [0.5, 0.6) is 5.75 Å². The van der Waals surface area contributed by atoms with E-state index in [1.807, 2.05) is 0 Å². The summed E-state index contributed by atoms with van der Waals surface area (Å²) in [6.45, 7) is 0. The van der Waals surface area contributed by atoms with Crippen molar-refractivity contribution in [2.75, 3.05) is 19.5 Å². The SMILES string of the molecule is CNc1ccc(F)c(F)c1OC. The number of hydrogen-bond donors (Lipinski definition) is 1. The van der Waals surface area contributed by atoms with Crippen LogP contribution in [-0.2, 0) is 0 Å². The molecule has 0 unspecified atom stereocenters. The van der Waals surface area contributed by atoms with Gasteiger partial charge in [0.1, 0.15) is 0 Å². The summed E-state index contributed by atoms with van der Waals surface area (Å²) in [5.41, 5.74) is 0.427. The molecule has 0 heterocycles. The lowest BCUT2D eigenvalue weighted by Gasteiger charge is -2.08. The second-order valence-electron chi connectivity index (χ2n) is 2.19. The van der Waals surface area contributed by atoms with Crippen molar-refractivity contribution in [2.45, 2.75) is 0 Å². The molecule has 0 saturated carbocycles. The number of hydrogen-bond acceptors (Lipinski definition) is 2. The summed E-state index contributed by atoms with van der Waals surface area (Å²) < 4.78 is 30.2. The lowest BCUT2D eigenvalue weighted by molar-refractivity contribution is 0.374. The maximum atomic E-state index is 12.9. The van der Waals surface area contributed by atoms with Crippen LogP contribution in [0.2, 0.25) is 0 Å². The molecule has 1 aromatic rings. The number of halogens is 2. The zero-order chi connectivity index (χ0) is 9.14. The number of nitrogens with one attached hydrogen (secondary N) is 1. The monoisotopic (exact) mass is 173 g/mol. The van der Waals surface area contributed by atoms with Gasteiger partial charge in [-0.05, 0) is 12.1 Å². The Labute approximate surface area is 69.2 Å². The van der Waals surface area contributed by atoms with Gasteiger partial charge in [0.05, 0.1) is 12.8 Å². The maximum Gasteiger partial charge on any atom is 0.202 e. The number of methoxy groups -OCH3 is 1. The Balaban J connectivity index is 3.25. The van der Waals surface area contributed by atoms with Crippen molar-refractivity contribution in [3.63, 3.8) is 0 Å². The molecule has 0 fully saturated rings. The van der Waals surface area contributed by atoms with E-state index in [9.17, 15) is 8.78 Å². The second-order valence-corrected chi connectivity index (χ2v) is 2.19. The zero-order valence-electron chi connectivity index (χ0n) is 6.82. The van der Waals surface area contributed by atoms with Crippen molar-refractivity contribution in [2.24, 2.45) is 0 Å². The molecule has 0 aromatic heterocycles. The lowest BCUT2D eigenvalue weighted by Crippen LogP contribution is -1.98. The van der Waals surface area contributed by atoms with Gasteiger partial charge in [0, 0.05) is 7.05 Å². The van der Waals surface area contributed by atoms with Crippen molar-refractivity contribution < 1.29 is 13.5 Å². The van der Waals surface area contributed by atoms with Crippen molar-refractivity contribution in [1.82, 2.24) is 0 Å². The first-order valence-electron chi connectivity index (χ1n) is 3.40. The van der Waals surface area contributed by atoms with Crippen LogP contribution in [0.25, 0.3) is 0 Å². The lowest BCUT2D eigenvalue weighted by atomic mass is 10.2. The molecule has 0 atom stereocenters. The maximum absolute atomic E-state index is 12.9. The first-order valence-corrected chi connectivity index (χ1v) is 3.40. The van der Waals surface area contributed by atoms with Gasteiger partial charge in [-0.15, -0.1) is 0 Å². The third kappa shape index (κ3) is 1.32. The zero-order valence-corrected chi connectivity index (χ0v) is 6.82. The number of rotatable bonds is 2. The highest BCUT2D eigenvalue weighted by molar-refractivity contribution is 5.56. The molecule has 66 valence electrons. The molecule has 2 nitrogen and oxygen atoms in total. The van der Waals surface area contributed by atoms with Crippen LogP contribution in [0.4, 0.5) is 14.5 Å². The predicted molar refractivity (Wildman–Crippen MR) is 42.5 cm³/mol. The van der Waals surface area contributed by atoms with Crippen LogP contribution in [0.15, 0.2) is 12.1 Å². The van der Waals surface area contributed by atoms with E-state index in [1.54, 1.807) is 7.05 Å². The van der Waals surface area contributed by atoms with Gasteiger partial charge in [-0.25, -0.2) is 4.39 Å². The first kappa shape index (κ1) is 8.77. The van der Waals surface area contributed by atoms with Gasteiger partial charge in [0.25, 0.3) is 0 Å². The minimum absolute atomic E-state index is 0.0995. The Morgan fingerprint density at radius 1 is 1.33 bits per heavy atom. The van der Waals surface area contributed by atoms with E-state index in [2.05, 4.69) is 10.1 Å². The number of anilines is 1. The molecule has 1 aromatic carbocycles. The van der Waals surface area contributed by atoms with Crippen molar-refractivity contribution >= 4 is 5.69 Å². The Bertz CT molecular complexity index is 289. The van der Waals surface area contributed by atoms with Crippen LogP contribution in [0, 0.1) is 11.6 Å². The van der Waals surface area contributed by atoms with Gasteiger partial charge >= 0.3 is 0 Å². The van der Waals surface area contributed by atoms with Crippen LogP contribution in [0.3, 0.4) is 0 Å². The minimum atomic E-state index is -0.968. The van der Waals surface area contributed by atoms with E-state index in [4.69, 9.17) is 0 Å². The van der Waals surface area contributed by atoms with Crippen LogP contribution in [0.1, 0.15) is 0 Å². The third-order valence-corrected chi connectivity index (χ3v) is 1.52. The quantitative estimate of drug-likeness (QED) is 0.738. The fourth-order valence-electron chi connectivity index (χ4n) is 0.928. The molecule has 0 amide bonds. The van der Waals surface area contributed by atoms with Crippen molar-refractivity contribution in [3.8, 4) is 5.75 Å². The summed E-state index contributed by atoms with van der Waals surface area (Å²) in [5.74, 6) is -1.98. The van der Waals surface area contributed by atoms with Crippen LogP contribution in [-0.4, -0.2) is 14.2 Å². The van der Waals surface area contributed by atoms with Crippen molar-refractivity contribution in [3.05, 3.63) is 23.8 Å². The molecule has 1 rings (SSSR count). The number of ether oxygens (including phenoxy) is 1. The van der Waals surface area contributed by atoms with E-state index < -0.39 is 11.6 Å². The summed E-state index contributed by atoms with van der Waals surface area (Å²) in [7, 11) is 2.90. The molecule has 4 heteroatoms. The van der Waals surface area contributed by atoms with Crippen LogP contribution >= 0.6 is 0 Å². The molecule has 0 aliphatic carbocycles. The fourth-order valence-corrected chi connectivity index (χ4v) is 0.928. The normalized spacial score (nSPS) is 9.67. The van der Waals surface area contributed by atoms with Gasteiger partial charge in [-0.1, -0.05) is 0 Å². The van der Waals surface area contributed by atoms with Gasteiger partial charge in [-0.2, -0.15) is 4.39 Å². The average Bonchev–Trinajstić information content (AvgIpc) is 2.09. The molecular formula is C8H9F2NO. The van der Waals surface area contributed by atoms with Crippen molar-refractivity contribution in [1.29, 1.82) is 0 Å². The average molecular weight is 173 g/mol. The Morgan fingerprint density at radius 2 is 2.00 bits per heavy atom. The molecule has 12 heavy (non-hydrogen) atoms. The predicted octanol–water partition coefficient (Wildman–Crippen LogP) is 2.02. The minimum Gasteiger partial charge on any atom is -0.491 e. The Kier molecular flexibility index (Phi) is 2.47. The summed E-state index contributed by atoms with van der Waals surface area (Å²) in [6, 6.07) is 2.46. The molecule has 1 N–H and O–H groups in total. The summed E-state index contributed by atoms with van der Waals surface area (Å²) in [6.07, 6.45) is 0. The van der Waals surface area contributed by atoms with E-state index in [0.29, 0.717) is 5.69 Å². The highest BCUT2D eigenvalue weighted by Gasteiger charge is 2.12. The topological polar surface area (TPSA) is 21.3 Å². The van der Waals surface area contributed by atoms with E-state index in [-0.39, 0.29) is 5.75 Å². The second kappa shape index (κ2) is 3.38. The van der Waals surface area contributed by atoms with Gasteiger partial charge < -0.3 is 10.1 Å². The molecule has 0 aliphatic rings. The molecule has 0 radical (unpaired) electrons. The molecule has 0 aliphatic heterocycles. The molecule has 0 spiro atoms.